The lowest BCUT2D eigenvalue weighted by Gasteiger charge is -2.57. The molecule has 9 heteroatoms. The van der Waals surface area contributed by atoms with Gasteiger partial charge in [-0.1, -0.05) is 12.2 Å². The van der Waals surface area contributed by atoms with E-state index in [1.54, 1.807) is 0 Å². The Kier molecular flexibility index (Phi) is 4.09. The highest BCUT2D eigenvalue weighted by Gasteiger charge is 2.58. The number of aliphatic hydroxyl groups excluding tert-OH is 1. The highest BCUT2D eigenvalue weighted by Crippen LogP contribution is 2.60. The van der Waals surface area contributed by atoms with Crippen LogP contribution in [0.25, 0.3) is 5.57 Å². The normalized spacial score (nSPS) is 31.9. The Hall–Kier alpha value is -1.58. The van der Waals surface area contributed by atoms with Crippen molar-refractivity contribution in [1.29, 1.82) is 0 Å². The minimum atomic E-state index is -4.54. The van der Waals surface area contributed by atoms with Crippen LogP contribution in [0.2, 0.25) is 0 Å². The summed E-state index contributed by atoms with van der Waals surface area (Å²) in [5.41, 5.74) is 3.30. The Morgan fingerprint density at radius 1 is 1.29 bits per heavy atom. The molecule has 1 saturated heterocycles. The lowest BCUT2D eigenvalue weighted by Crippen LogP contribution is -2.60. The monoisotopic (exact) mass is 411 g/mol. The molecule has 3 atom stereocenters. The molecule has 2 aliphatic carbocycles. The number of halogens is 2. The third-order valence-corrected chi connectivity index (χ3v) is 8.72. The number of fused-ring (bicyclic) bond motifs is 2. The van der Waals surface area contributed by atoms with Crippen LogP contribution in [0.15, 0.2) is 30.2 Å². The van der Waals surface area contributed by atoms with Crippen LogP contribution in [0.4, 0.5) is 8.78 Å². The van der Waals surface area contributed by atoms with E-state index in [1.165, 1.54) is 11.1 Å². The van der Waals surface area contributed by atoms with Crippen molar-refractivity contribution in [3.63, 3.8) is 0 Å². The summed E-state index contributed by atoms with van der Waals surface area (Å²) in [6.07, 6.45) is 11.0. The molecule has 1 saturated carbocycles. The highest BCUT2D eigenvalue weighted by molar-refractivity contribution is 7.89. The van der Waals surface area contributed by atoms with E-state index in [-0.39, 0.29) is 30.5 Å². The second-order valence-corrected chi connectivity index (χ2v) is 10.3. The minimum Gasteiger partial charge on any atom is -0.392 e. The molecular weight excluding hydrogens is 388 g/mol. The summed E-state index contributed by atoms with van der Waals surface area (Å²) >= 11 is 0. The molecule has 6 nitrogen and oxygen atoms in total. The number of piperidine rings is 1. The second kappa shape index (κ2) is 6.21. The third-order valence-electron chi connectivity index (χ3n) is 7.18. The van der Waals surface area contributed by atoms with Crippen LogP contribution < -0.4 is 0 Å². The lowest BCUT2D eigenvalue weighted by atomic mass is 9.53. The maximum absolute atomic E-state index is 12.8. The van der Waals surface area contributed by atoms with Crippen molar-refractivity contribution < 1.29 is 22.3 Å². The fourth-order valence-corrected chi connectivity index (χ4v) is 6.58. The van der Waals surface area contributed by atoms with Crippen LogP contribution in [0, 0.1) is 11.3 Å². The summed E-state index contributed by atoms with van der Waals surface area (Å²) < 4.78 is 52.0. The van der Waals surface area contributed by atoms with E-state index in [0.717, 1.165) is 29.3 Å². The fourth-order valence-electron chi connectivity index (χ4n) is 5.66. The predicted octanol–water partition coefficient (Wildman–Crippen LogP) is 2.56. The van der Waals surface area contributed by atoms with Crippen molar-refractivity contribution in [1.82, 2.24) is 13.9 Å². The Morgan fingerprint density at radius 2 is 2.04 bits per heavy atom. The molecule has 1 N–H and O–H groups in total. The van der Waals surface area contributed by atoms with Gasteiger partial charge in [-0.3, -0.25) is 0 Å². The van der Waals surface area contributed by atoms with Crippen LogP contribution in [0.1, 0.15) is 43.8 Å². The van der Waals surface area contributed by atoms with Gasteiger partial charge < -0.3 is 9.67 Å². The molecule has 1 aromatic heterocycles. The van der Waals surface area contributed by atoms with Crippen molar-refractivity contribution in [3.05, 3.63) is 35.9 Å². The van der Waals surface area contributed by atoms with Gasteiger partial charge in [-0.05, 0) is 48.7 Å². The lowest BCUT2D eigenvalue weighted by molar-refractivity contribution is -0.153. The molecule has 1 aromatic rings. The number of aliphatic hydroxyl groups is 1. The topological polar surface area (TPSA) is 75.4 Å². The molecule has 0 amide bonds. The summed E-state index contributed by atoms with van der Waals surface area (Å²) in [4.78, 5) is 4.29. The van der Waals surface area contributed by atoms with Gasteiger partial charge >= 0.3 is 5.76 Å². The quantitative estimate of drug-likeness (QED) is 0.830. The van der Waals surface area contributed by atoms with Gasteiger partial charge in [0, 0.05) is 19.0 Å². The number of sulfonamides is 1. The number of allylic oxidation sites excluding steroid dienone is 4. The Bertz CT molecular complexity index is 961. The van der Waals surface area contributed by atoms with Gasteiger partial charge in [-0.15, -0.1) is 0 Å². The standard InChI is InChI=1S/C19H23F2N3O3S/c20-18(21)28(26,27)23-7-5-19(6-8-23)9-14(17(19)25)16-13-4-2-1-3-12(13)15-10-22-11-24(15)16/h2,4,10-11,14,16-18,25H,1,3,5-9H2. The van der Waals surface area contributed by atoms with Gasteiger partial charge in [0.2, 0.25) is 0 Å². The summed E-state index contributed by atoms with van der Waals surface area (Å²) in [6.45, 7) is 0.0938. The van der Waals surface area contributed by atoms with E-state index in [0.29, 0.717) is 12.8 Å². The highest BCUT2D eigenvalue weighted by atomic mass is 32.2. The van der Waals surface area contributed by atoms with Crippen LogP contribution in [-0.4, -0.2) is 52.3 Å². The fraction of sp³-hybridized carbons (Fsp3) is 0.632. The summed E-state index contributed by atoms with van der Waals surface area (Å²) in [6, 6.07) is 0.0486. The molecule has 4 aliphatic rings. The molecule has 152 valence electrons. The number of nitrogens with zero attached hydrogens (tertiary/aromatic N) is 3. The van der Waals surface area contributed by atoms with Gasteiger partial charge in [0.1, 0.15) is 0 Å². The number of hydrogen-bond donors (Lipinski definition) is 1. The smallest absolute Gasteiger partial charge is 0.350 e. The van der Waals surface area contributed by atoms with E-state index in [9.17, 15) is 22.3 Å². The summed E-state index contributed by atoms with van der Waals surface area (Å²) in [5, 5.41) is 11.1. The SMILES string of the molecule is O=S(=O)(C(F)F)N1CCC2(CC1)CC(C1C3=C(CCC=C3)c3cncn31)C2O. The molecule has 3 unspecified atom stereocenters. The van der Waals surface area contributed by atoms with Gasteiger partial charge in [0.15, 0.2) is 0 Å². The first-order valence-corrected chi connectivity index (χ1v) is 11.2. The number of rotatable bonds is 3. The van der Waals surface area contributed by atoms with E-state index >= 15 is 0 Å². The van der Waals surface area contributed by atoms with E-state index in [1.807, 2.05) is 12.5 Å². The van der Waals surface area contributed by atoms with Crippen molar-refractivity contribution in [3.8, 4) is 0 Å². The predicted molar refractivity (Wildman–Crippen MR) is 98.8 cm³/mol. The minimum absolute atomic E-state index is 0.0291. The van der Waals surface area contributed by atoms with Gasteiger partial charge in [-0.2, -0.15) is 13.1 Å². The zero-order valence-corrected chi connectivity index (χ0v) is 16.2. The van der Waals surface area contributed by atoms with Crippen molar-refractivity contribution in [2.45, 2.75) is 50.0 Å². The largest absolute Gasteiger partial charge is 0.392 e. The van der Waals surface area contributed by atoms with Crippen LogP contribution in [-0.2, 0) is 10.0 Å². The molecule has 2 fully saturated rings. The first-order chi connectivity index (χ1) is 13.3. The van der Waals surface area contributed by atoms with Gasteiger partial charge in [0.25, 0.3) is 10.0 Å². The van der Waals surface area contributed by atoms with Crippen LogP contribution in [0.5, 0.6) is 0 Å². The molecule has 5 rings (SSSR count). The van der Waals surface area contributed by atoms with E-state index < -0.39 is 21.9 Å². The first-order valence-electron chi connectivity index (χ1n) is 9.72. The molecule has 28 heavy (non-hydrogen) atoms. The van der Waals surface area contributed by atoms with Crippen molar-refractivity contribution in [2.24, 2.45) is 11.3 Å². The molecule has 1 spiro atoms. The third kappa shape index (κ3) is 2.42. The van der Waals surface area contributed by atoms with Crippen LogP contribution in [0.3, 0.4) is 0 Å². The number of aromatic nitrogens is 2. The molecule has 0 radical (unpaired) electrons. The molecule has 3 heterocycles. The summed E-state index contributed by atoms with van der Waals surface area (Å²) in [7, 11) is -4.54. The second-order valence-electron chi connectivity index (χ2n) is 8.39. The summed E-state index contributed by atoms with van der Waals surface area (Å²) in [5.74, 6) is -3.36. The molecule has 0 aromatic carbocycles. The maximum atomic E-state index is 12.8. The Balaban J connectivity index is 1.34. The maximum Gasteiger partial charge on any atom is 0.350 e. The van der Waals surface area contributed by atoms with Crippen molar-refractivity contribution >= 4 is 15.6 Å². The molecule has 0 bridgehead atoms. The zero-order chi connectivity index (χ0) is 19.7. The van der Waals surface area contributed by atoms with Gasteiger partial charge in [0.05, 0.1) is 30.4 Å². The number of imidazole rings is 1. The van der Waals surface area contributed by atoms with Crippen LogP contribution >= 0.6 is 0 Å². The Labute approximate surface area is 162 Å². The average Bonchev–Trinajstić information content (AvgIpc) is 3.27. The Morgan fingerprint density at radius 3 is 2.71 bits per heavy atom. The number of alkyl halides is 2. The number of hydrogen-bond acceptors (Lipinski definition) is 4. The molecular formula is C19H23F2N3O3S. The molecule has 2 aliphatic heterocycles. The van der Waals surface area contributed by atoms with E-state index in [2.05, 4.69) is 21.7 Å². The van der Waals surface area contributed by atoms with Crippen molar-refractivity contribution in [2.75, 3.05) is 13.1 Å². The first kappa shape index (κ1) is 18.4. The van der Waals surface area contributed by atoms with Gasteiger partial charge in [-0.25, -0.2) is 13.4 Å². The average molecular weight is 411 g/mol. The zero-order valence-electron chi connectivity index (χ0n) is 15.3. The van der Waals surface area contributed by atoms with E-state index in [4.69, 9.17) is 0 Å².